The third kappa shape index (κ3) is 5.15. The number of amides is 1. The zero-order valence-corrected chi connectivity index (χ0v) is 12.5. The van der Waals surface area contributed by atoms with Gasteiger partial charge in [0.1, 0.15) is 0 Å². The first kappa shape index (κ1) is 16.4. The largest absolute Gasteiger partial charge is 0.368 e. The van der Waals surface area contributed by atoms with E-state index in [-0.39, 0.29) is 17.3 Å². The van der Waals surface area contributed by atoms with Crippen molar-refractivity contribution in [1.29, 1.82) is 0 Å². The molecule has 1 aromatic heterocycles. The van der Waals surface area contributed by atoms with Crippen molar-refractivity contribution >= 4 is 11.7 Å². The van der Waals surface area contributed by atoms with Crippen LogP contribution in [0.2, 0.25) is 0 Å². The Bertz CT molecular complexity index is 435. The minimum Gasteiger partial charge on any atom is -0.368 e. The summed E-state index contributed by atoms with van der Waals surface area (Å²) < 4.78 is 14.0. The van der Waals surface area contributed by atoms with E-state index in [4.69, 9.17) is 0 Å². The van der Waals surface area contributed by atoms with Gasteiger partial charge >= 0.3 is 0 Å². The van der Waals surface area contributed by atoms with E-state index < -0.39 is 5.82 Å². The lowest BCUT2D eigenvalue weighted by Crippen LogP contribution is -2.26. The van der Waals surface area contributed by atoms with Gasteiger partial charge in [-0.1, -0.05) is 26.7 Å². The molecule has 1 rings (SSSR count). The SMILES string of the molecule is CCNc1nccc(C(=O)NCCCCC(C)C)c1F. The van der Waals surface area contributed by atoms with Crippen LogP contribution in [0.25, 0.3) is 0 Å². The molecule has 2 N–H and O–H groups in total. The molecule has 0 radical (unpaired) electrons. The molecule has 0 bridgehead atoms. The highest BCUT2D eigenvalue weighted by Gasteiger charge is 2.15. The summed E-state index contributed by atoms with van der Waals surface area (Å²) in [6, 6.07) is 1.40. The Hall–Kier alpha value is -1.65. The molecule has 1 heterocycles. The summed E-state index contributed by atoms with van der Waals surface area (Å²) >= 11 is 0. The molecule has 0 spiro atoms. The second kappa shape index (κ2) is 8.51. The van der Waals surface area contributed by atoms with Crippen molar-refractivity contribution in [3.05, 3.63) is 23.6 Å². The number of aromatic nitrogens is 1. The number of nitrogens with zero attached hydrogens (tertiary/aromatic N) is 1. The van der Waals surface area contributed by atoms with Gasteiger partial charge in [0.25, 0.3) is 5.91 Å². The van der Waals surface area contributed by atoms with Crippen molar-refractivity contribution in [3.63, 3.8) is 0 Å². The van der Waals surface area contributed by atoms with Crippen LogP contribution in [0.15, 0.2) is 12.3 Å². The molecule has 0 atom stereocenters. The number of carbonyl (C=O) groups is 1. The Morgan fingerprint density at radius 3 is 2.80 bits per heavy atom. The number of nitrogens with one attached hydrogen (secondary N) is 2. The van der Waals surface area contributed by atoms with Crippen molar-refractivity contribution in [2.45, 2.75) is 40.0 Å². The van der Waals surface area contributed by atoms with Crippen molar-refractivity contribution < 1.29 is 9.18 Å². The fourth-order valence-electron chi connectivity index (χ4n) is 1.88. The first-order valence-corrected chi connectivity index (χ1v) is 7.22. The molecule has 0 aliphatic rings. The van der Waals surface area contributed by atoms with E-state index in [0.717, 1.165) is 19.3 Å². The molecule has 0 saturated heterocycles. The van der Waals surface area contributed by atoms with Crippen LogP contribution in [0.4, 0.5) is 10.2 Å². The molecular formula is C15H24FN3O. The number of unbranched alkanes of at least 4 members (excludes halogenated alkanes) is 1. The Balaban J connectivity index is 2.49. The molecular weight excluding hydrogens is 257 g/mol. The van der Waals surface area contributed by atoms with Gasteiger partial charge in [-0.15, -0.1) is 0 Å². The molecule has 0 saturated carbocycles. The first-order chi connectivity index (χ1) is 9.56. The molecule has 4 nitrogen and oxygen atoms in total. The highest BCUT2D eigenvalue weighted by atomic mass is 19.1. The van der Waals surface area contributed by atoms with E-state index in [9.17, 15) is 9.18 Å². The molecule has 0 aliphatic heterocycles. The highest BCUT2D eigenvalue weighted by molar-refractivity contribution is 5.95. The summed E-state index contributed by atoms with van der Waals surface area (Å²) in [6.45, 7) is 7.33. The average Bonchev–Trinajstić information content (AvgIpc) is 2.40. The lowest BCUT2D eigenvalue weighted by molar-refractivity contribution is 0.0949. The lowest BCUT2D eigenvalue weighted by Gasteiger charge is -2.09. The fourth-order valence-corrected chi connectivity index (χ4v) is 1.88. The average molecular weight is 281 g/mol. The molecule has 0 fully saturated rings. The minimum absolute atomic E-state index is 0.0415. The van der Waals surface area contributed by atoms with Crippen LogP contribution in [0.3, 0.4) is 0 Å². The monoisotopic (exact) mass is 281 g/mol. The number of hydrogen-bond acceptors (Lipinski definition) is 3. The molecule has 5 heteroatoms. The Kier molecular flexibility index (Phi) is 6.98. The van der Waals surface area contributed by atoms with Gasteiger partial charge in [0, 0.05) is 19.3 Å². The summed E-state index contributed by atoms with van der Waals surface area (Å²) in [5, 5.41) is 5.54. The number of pyridine rings is 1. The fraction of sp³-hybridized carbons (Fsp3) is 0.600. The Morgan fingerprint density at radius 2 is 2.15 bits per heavy atom. The third-order valence-corrected chi connectivity index (χ3v) is 2.97. The van der Waals surface area contributed by atoms with E-state index >= 15 is 0 Å². The number of carbonyl (C=O) groups excluding carboxylic acids is 1. The molecule has 0 aromatic carbocycles. The van der Waals surface area contributed by atoms with Gasteiger partial charge in [-0.2, -0.15) is 0 Å². The normalized spacial score (nSPS) is 10.7. The zero-order chi connectivity index (χ0) is 15.0. The molecule has 112 valence electrons. The van der Waals surface area contributed by atoms with Crippen LogP contribution in [-0.2, 0) is 0 Å². The van der Waals surface area contributed by atoms with Gasteiger partial charge < -0.3 is 10.6 Å². The van der Waals surface area contributed by atoms with Crippen molar-refractivity contribution in [1.82, 2.24) is 10.3 Å². The van der Waals surface area contributed by atoms with Crippen molar-refractivity contribution in [3.8, 4) is 0 Å². The maximum Gasteiger partial charge on any atom is 0.254 e. The maximum absolute atomic E-state index is 14.0. The van der Waals surface area contributed by atoms with Crippen LogP contribution >= 0.6 is 0 Å². The Morgan fingerprint density at radius 1 is 1.40 bits per heavy atom. The van der Waals surface area contributed by atoms with E-state index in [2.05, 4.69) is 29.5 Å². The Labute approximate surface area is 120 Å². The second-order valence-electron chi connectivity index (χ2n) is 5.20. The molecule has 1 amide bonds. The second-order valence-corrected chi connectivity index (χ2v) is 5.20. The predicted molar refractivity (Wildman–Crippen MR) is 79.4 cm³/mol. The van der Waals surface area contributed by atoms with Crippen LogP contribution in [0.1, 0.15) is 50.4 Å². The zero-order valence-electron chi connectivity index (χ0n) is 12.5. The van der Waals surface area contributed by atoms with Gasteiger partial charge in [0.2, 0.25) is 0 Å². The smallest absolute Gasteiger partial charge is 0.254 e. The minimum atomic E-state index is -0.589. The number of anilines is 1. The maximum atomic E-state index is 14.0. The molecule has 0 unspecified atom stereocenters. The van der Waals surface area contributed by atoms with E-state index in [0.29, 0.717) is 19.0 Å². The quantitative estimate of drug-likeness (QED) is 0.719. The summed E-state index contributed by atoms with van der Waals surface area (Å²) in [6.07, 6.45) is 4.56. The molecule has 20 heavy (non-hydrogen) atoms. The third-order valence-electron chi connectivity index (χ3n) is 2.97. The van der Waals surface area contributed by atoms with Crippen LogP contribution in [-0.4, -0.2) is 24.0 Å². The van der Waals surface area contributed by atoms with Crippen LogP contribution in [0.5, 0.6) is 0 Å². The first-order valence-electron chi connectivity index (χ1n) is 7.22. The van der Waals surface area contributed by atoms with Gasteiger partial charge in [0.15, 0.2) is 11.6 Å². The van der Waals surface area contributed by atoms with Gasteiger partial charge in [0.05, 0.1) is 5.56 Å². The van der Waals surface area contributed by atoms with Gasteiger partial charge in [-0.25, -0.2) is 9.37 Å². The lowest BCUT2D eigenvalue weighted by atomic mass is 10.1. The molecule has 0 aliphatic carbocycles. The van der Waals surface area contributed by atoms with Crippen molar-refractivity contribution in [2.75, 3.05) is 18.4 Å². The predicted octanol–water partition coefficient (Wildman–Crippen LogP) is 3.21. The number of rotatable bonds is 8. The topological polar surface area (TPSA) is 54.0 Å². The standard InChI is InChI=1S/C15H24FN3O/c1-4-17-14-13(16)12(8-10-18-14)15(20)19-9-6-5-7-11(2)3/h8,10-11H,4-7,9H2,1-3H3,(H,17,18)(H,19,20). The summed E-state index contributed by atoms with van der Waals surface area (Å²) in [5.41, 5.74) is 0.0415. The summed E-state index contributed by atoms with van der Waals surface area (Å²) in [5.74, 6) is -0.173. The van der Waals surface area contributed by atoms with Crippen LogP contribution < -0.4 is 10.6 Å². The van der Waals surface area contributed by atoms with Crippen molar-refractivity contribution in [2.24, 2.45) is 5.92 Å². The van der Waals surface area contributed by atoms with Gasteiger partial charge in [-0.3, -0.25) is 4.79 Å². The van der Waals surface area contributed by atoms with Gasteiger partial charge in [-0.05, 0) is 25.3 Å². The van der Waals surface area contributed by atoms with E-state index in [1.807, 2.05) is 6.92 Å². The summed E-state index contributed by atoms with van der Waals surface area (Å²) in [4.78, 5) is 15.8. The van der Waals surface area contributed by atoms with Crippen LogP contribution in [0, 0.1) is 11.7 Å². The van der Waals surface area contributed by atoms with E-state index in [1.54, 1.807) is 0 Å². The molecule has 1 aromatic rings. The number of halogens is 1. The summed E-state index contributed by atoms with van der Waals surface area (Å²) in [7, 11) is 0. The number of hydrogen-bond donors (Lipinski definition) is 2. The highest BCUT2D eigenvalue weighted by Crippen LogP contribution is 2.14. The van der Waals surface area contributed by atoms with E-state index in [1.165, 1.54) is 12.3 Å².